The number of amidine groups is 1. The SMILES string of the molecule is C=C.CC(C)C.CCCN(Cc1ncc(-c2ccc(C#C/C=C/N=C(N)C3CCCN3)c(-c3ccc(-c4ccccc4)cc3)c2)[nH]1)C(=O)CNC(=O)OC. The summed E-state index contributed by atoms with van der Waals surface area (Å²) in [5, 5.41) is 5.80. The van der Waals surface area contributed by atoms with Gasteiger partial charge in [0.2, 0.25) is 5.91 Å². The monoisotopic (exact) mass is 729 g/mol. The number of hydrogen-bond acceptors (Lipinski definition) is 6. The second-order valence-corrected chi connectivity index (χ2v) is 13.1. The summed E-state index contributed by atoms with van der Waals surface area (Å²) in [5.74, 6) is 8.24. The molecule has 1 aliphatic rings. The van der Waals surface area contributed by atoms with Crippen molar-refractivity contribution in [2.24, 2.45) is 16.6 Å². The van der Waals surface area contributed by atoms with Crippen molar-refractivity contribution in [3.05, 3.63) is 116 Å². The first kappa shape index (κ1) is 42.5. The number of aliphatic imine (C=N–C) groups is 1. The van der Waals surface area contributed by atoms with E-state index in [2.05, 4.69) is 119 Å². The van der Waals surface area contributed by atoms with Crippen molar-refractivity contribution in [2.75, 3.05) is 26.7 Å². The number of hydrogen-bond donors (Lipinski definition) is 4. The molecule has 54 heavy (non-hydrogen) atoms. The fraction of sp³-hybridized carbons (Fsp3) is 0.318. The van der Waals surface area contributed by atoms with E-state index in [0.29, 0.717) is 18.2 Å². The molecular weight excluding hydrogens is 675 g/mol. The van der Waals surface area contributed by atoms with Crippen molar-refractivity contribution in [3.63, 3.8) is 0 Å². The van der Waals surface area contributed by atoms with Crippen LogP contribution in [0, 0.1) is 17.8 Å². The minimum atomic E-state index is -0.648. The fourth-order valence-corrected chi connectivity index (χ4v) is 5.50. The zero-order valence-electron chi connectivity index (χ0n) is 32.3. The summed E-state index contributed by atoms with van der Waals surface area (Å²) in [6, 6.07) is 24.9. The van der Waals surface area contributed by atoms with Crippen LogP contribution in [0.5, 0.6) is 0 Å². The zero-order valence-corrected chi connectivity index (χ0v) is 32.3. The molecule has 1 aromatic heterocycles. The second-order valence-electron chi connectivity index (χ2n) is 13.1. The summed E-state index contributed by atoms with van der Waals surface area (Å²) >= 11 is 0. The molecule has 5 N–H and O–H groups in total. The Morgan fingerprint density at radius 2 is 1.72 bits per heavy atom. The summed E-state index contributed by atoms with van der Waals surface area (Å²) < 4.78 is 4.58. The van der Waals surface area contributed by atoms with Crippen LogP contribution in [-0.4, -0.2) is 65.5 Å². The first-order valence-corrected chi connectivity index (χ1v) is 18.3. The molecule has 0 aliphatic carbocycles. The Kier molecular flexibility index (Phi) is 18.0. The number of nitrogens with zero attached hydrogens (tertiary/aromatic N) is 3. The van der Waals surface area contributed by atoms with E-state index in [0.717, 1.165) is 70.8 Å². The number of carbonyl (C=O) groups excluding carboxylic acids is 2. The molecule has 0 spiro atoms. The number of allylic oxidation sites excluding steroid dienone is 1. The average Bonchev–Trinajstić information content (AvgIpc) is 3.91. The predicted octanol–water partition coefficient (Wildman–Crippen LogP) is 7.94. The molecule has 0 bridgehead atoms. The van der Waals surface area contributed by atoms with Gasteiger partial charge in [0.15, 0.2) is 0 Å². The van der Waals surface area contributed by atoms with E-state index in [1.54, 1.807) is 23.4 Å². The highest BCUT2D eigenvalue weighted by Gasteiger charge is 2.18. The molecule has 0 radical (unpaired) electrons. The van der Waals surface area contributed by atoms with Gasteiger partial charge in [-0.15, -0.1) is 13.2 Å². The number of amides is 2. The van der Waals surface area contributed by atoms with Gasteiger partial charge in [-0.2, -0.15) is 0 Å². The van der Waals surface area contributed by atoms with Crippen LogP contribution in [0.25, 0.3) is 33.5 Å². The van der Waals surface area contributed by atoms with E-state index >= 15 is 0 Å². The summed E-state index contributed by atoms with van der Waals surface area (Å²) in [7, 11) is 1.26. The molecule has 3 aromatic carbocycles. The minimum Gasteiger partial charge on any atom is -0.453 e. The standard InChI is InChI=1S/C38H41N7O3.C4H10.C2H4/c1-3-22-45(36(46)25-43-38(47)48-2)26-35-42-24-34(44-35)31-19-18-29(12-7-8-20-41-37(39)33-13-9-21-40-33)32(23-31)30-16-14-28(15-17-30)27-10-5-4-6-11-27;1-4(2)3;1-2/h4-6,8,10-11,14-20,23-24,33,40H,3,9,13,21-22,25-26H2,1-2H3,(H2,39,41)(H,42,44)(H,43,47);4H,1-3H3;1-2H2/b20-8+;;. The molecule has 2 heterocycles. The van der Waals surface area contributed by atoms with E-state index in [1.165, 1.54) is 7.11 Å². The molecule has 1 atom stereocenters. The van der Waals surface area contributed by atoms with Gasteiger partial charge in [-0.1, -0.05) is 100 Å². The van der Waals surface area contributed by atoms with Crippen LogP contribution in [0.4, 0.5) is 4.79 Å². The van der Waals surface area contributed by atoms with Gasteiger partial charge in [0.25, 0.3) is 0 Å². The third kappa shape index (κ3) is 13.6. The van der Waals surface area contributed by atoms with Crippen molar-refractivity contribution in [1.82, 2.24) is 25.5 Å². The van der Waals surface area contributed by atoms with Crippen molar-refractivity contribution >= 4 is 17.8 Å². The van der Waals surface area contributed by atoms with E-state index in [-0.39, 0.29) is 25.0 Å². The number of rotatable bonds is 11. The van der Waals surface area contributed by atoms with Crippen molar-refractivity contribution in [3.8, 4) is 45.4 Å². The van der Waals surface area contributed by atoms with Crippen LogP contribution in [0.2, 0.25) is 0 Å². The first-order valence-electron chi connectivity index (χ1n) is 18.3. The van der Waals surface area contributed by atoms with Gasteiger partial charge >= 0.3 is 6.09 Å². The Morgan fingerprint density at radius 1 is 1.06 bits per heavy atom. The second kappa shape index (κ2) is 22.9. The number of ether oxygens (including phenoxy) is 1. The lowest BCUT2D eigenvalue weighted by Gasteiger charge is -2.21. The lowest BCUT2D eigenvalue weighted by Crippen LogP contribution is -2.40. The third-order valence-electron chi connectivity index (χ3n) is 8.02. The Bertz CT molecular complexity index is 1880. The Balaban J connectivity index is 0.00000122. The van der Waals surface area contributed by atoms with E-state index in [4.69, 9.17) is 5.73 Å². The lowest BCUT2D eigenvalue weighted by atomic mass is 9.95. The van der Waals surface area contributed by atoms with Crippen LogP contribution < -0.4 is 16.4 Å². The van der Waals surface area contributed by atoms with Crippen molar-refractivity contribution in [2.45, 2.75) is 59.5 Å². The molecule has 10 nitrogen and oxygen atoms in total. The van der Waals surface area contributed by atoms with Crippen LogP contribution >= 0.6 is 0 Å². The molecule has 10 heteroatoms. The van der Waals surface area contributed by atoms with E-state index < -0.39 is 6.09 Å². The maximum absolute atomic E-state index is 12.8. The number of benzene rings is 3. The maximum Gasteiger partial charge on any atom is 0.407 e. The topological polar surface area (TPSA) is 138 Å². The van der Waals surface area contributed by atoms with E-state index in [9.17, 15) is 9.59 Å². The Morgan fingerprint density at radius 3 is 2.37 bits per heavy atom. The number of imidazole rings is 1. The van der Waals surface area contributed by atoms with Gasteiger partial charge in [-0.05, 0) is 66.1 Å². The smallest absolute Gasteiger partial charge is 0.407 e. The number of nitrogens with one attached hydrogen (secondary N) is 3. The van der Waals surface area contributed by atoms with Crippen LogP contribution in [0.3, 0.4) is 0 Å². The van der Waals surface area contributed by atoms with Gasteiger partial charge in [0, 0.05) is 29.9 Å². The van der Waals surface area contributed by atoms with Crippen LogP contribution in [-0.2, 0) is 16.1 Å². The van der Waals surface area contributed by atoms with Crippen molar-refractivity contribution < 1.29 is 14.3 Å². The van der Waals surface area contributed by atoms with Gasteiger partial charge in [-0.25, -0.2) is 14.8 Å². The normalized spacial score (nSPS) is 13.5. The average molecular weight is 730 g/mol. The van der Waals surface area contributed by atoms with Crippen molar-refractivity contribution in [1.29, 1.82) is 0 Å². The maximum atomic E-state index is 12.8. The van der Waals surface area contributed by atoms with E-state index in [1.807, 2.05) is 37.3 Å². The first-order chi connectivity index (χ1) is 26.2. The number of alkyl carbamates (subject to hydrolysis) is 1. The highest BCUT2D eigenvalue weighted by Crippen LogP contribution is 2.31. The highest BCUT2D eigenvalue weighted by molar-refractivity contribution is 5.86. The number of carbonyl (C=O) groups is 2. The van der Waals surface area contributed by atoms with Gasteiger partial charge in [-0.3, -0.25) is 4.79 Å². The molecule has 1 saturated heterocycles. The quantitative estimate of drug-likeness (QED) is 0.0536. The molecule has 5 rings (SSSR count). The number of methoxy groups -OCH3 is 1. The Labute approximate surface area is 321 Å². The Hall–Kier alpha value is -5.92. The molecule has 2 amide bonds. The molecule has 1 aliphatic heterocycles. The van der Waals surface area contributed by atoms with Gasteiger partial charge < -0.3 is 31.0 Å². The zero-order chi connectivity index (χ0) is 39.3. The van der Waals surface area contributed by atoms with Crippen LogP contribution in [0.1, 0.15) is 58.3 Å². The summed E-state index contributed by atoms with van der Waals surface area (Å²) in [6.45, 7) is 16.1. The predicted molar refractivity (Wildman–Crippen MR) is 221 cm³/mol. The summed E-state index contributed by atoms with van der Waals surface area (Å²) in [5.41, 5.74) is 13.0. The van der Waals surface area contributed by atoms with Gasteiger partial charge in [0.1, 0.15) is 18.2 Å². The summed E-state index contributed by atoms with van der Waals surface area (Å²) in [6.07, 6.45) is 7.34. The molecule has 1 unspecified atom stereocenters. The number of aromatic nitrogens is 2. The number of nitrogens with two attached hydrogens (primary N) is 1. The lowest BCUT2D eigenvalue weighted by molar-refractivity contribution is -0.130. The molecule has 284 valence electrons. The third-order valence-corrected chi connectivity index (χ3v) is 8.02. The number of aromatic amines is 1. The molecule has 0 saturated carbocycles. The highest BCUT2D eigenvalue weighted by atomic mass is 16.5. The molecule has 1 fully saturated rings. The number of H-pyrrole nitrogens is 1. The summed E-state index contributed by atoms with van der Waals surface area (Å²) in [4.78, 5) is 38.2. The largest absolute Gasteiger partial charge is 0.453 e. The minimum absolute atomic E-state index is 0.127. The molecule has 4 aromatic rings. The van der Waals surface area contributed by atoms with Crippen LogP contribution in [0.15, 0.2) is 109 Å². The molecular formula is C44H55N7O3. The fourth-order valence-electron chi connectivity index (χ4n) is 5.50. The van der Waals surface area contributed by atoms with Gasteiger partial charge in [0.05, 0.1) is 31.6 Å².